The van der Waals surface area contributed by atoms with Gasteiger partial charge in [-0.2, -0.15) is 11.8 Å². The standard InChI is InChI=1S/C11H21NS/c1-5-8-11(12-7-3)9-13-10(4)6-2/h1,10-12H,6-9H2,2-4H3. The molecule has 1 N–H and O–H groups in total. The van der Waals surface area contributed by atoms with Crippen molar-refractivity contribution < 1.29 is 0 Å². The lowest BCUT2D eigenvalue weighted by Crippen LogP contribution is -2.31. The van der Waals surface area contributed by atoms with Crippen molar-refractivity contribution in [3.05, 3.63) is 0 Å². The van der Waals surface area contributed by atoms with Crippen LogP contribution < -0.4 is 5.32 Å². The second-order valence-corrected chi connectivity index (χ2v) is 4.69. The van der Waals surface area contributed by atoms with Crippen molar-refractivity contribution in [3.8, 4) is 12.3 Å². The van der Waals surface area contributed by atoms with Gasteiger partial charge in [0.1, 0.15) is 0 Å². The van der Waals surface area contributed by atoms with E-state index in [-0.39, 0.29) is 0 Å². The molecule has 2 atom stereocenters. The molecule has 0 heterocycles. The van der Waals surface area contributed by atoms with Gasteiger partial charge >= 0.3 is 0 Å². The SMILES string of the molecule is C#CCC(CSC(C)CC)NCC. The van der Waals surface area contributed by atoms with Crippen molar-refractivity contribution in [1.82, 2.24) is 5.32 Å². The Labute approximate surface area is 87.1 Å². The third-order valence-electron chi connectivity index (χ3n) is 2.01. The fourth-order valence-electron chi connectivity index (χ4n) is 1.02. The predicted octanol–water partition coefficient (Wildman–Crippen LogP) is 2.52. The van der Waals surface area contributed by atoms with Gasteiger partial charge in [0.25, 0.3) is 0 Å². The zero-order valence-electron chi connectivity index (χ0n) is 8.97. The van der Waals surface area contributed by atoms with E-state index in [1.54, 1.807) is 0 Å². The van der Waals surface area contributed by atoms with Crippen molar-refractivity contribution in [2.45, 2.75) is 44.9 Å². The minimum atomic E-state index is 0.494. The average molecular weight is 199 g/mol. The van der Waals surface area contributed by atoms with Crippen molar-refractivity contribution in [2.75, 3.05) is 12.3 Å². The zero-order chi connectivity index (χ0) is 10.1. The lowest BCUT2D eigenvalue weighted by Gasteiger charge is -2.16. The molecule has 1 nitrogen and oxygen atoms in total. The highest BCUT2D eigenvalue weighted by Gasteiger charge is 2.07. The topological polar surface area (TPSA) is 12.0 Å². The molecule has 0 fully saturated rings. The molecule has 0 aliphatic rings. The van der Waals surface area contributed by atoms with E-state index in [1.165, 1.54) is 6.42 Å². The van der Waals surface area contributed by atoms with Crippen LogP contribution in [0.3, 0.4) is 0 Å². The number of hydrogen-bond donors (Lipinski definition) is 1. The molecule has 2 heteroatoms. The van der Waals surface area contributed by atoms with Crippen LogP contribution in [0, 0.1) is 12.3 Å². The summed E-state index contributed by atoms with van der Waals surface area (Å²) in [6.07, 6.45) is 7.38. The molecule has 0 amide bonds. The maximum absolute atomic E-state index is 5.30. The molecule has 0 saturated heterocycles. The highest BCUT2D eigenvalue weighted by Crippen LogP contribution is 2.15. The maximum atomic E-state index is 5.30. The van der Waals surface area contributed by atoms with E-state index in [0.29, 0.717) is 6.04 Å². The van der Waals surface area contributed by atoms with Crippen molar-refractivity contribution >= 4 is 11.8 Å². The van der Waals surface area contributed by atoms with E-state index in [9.17, 15) is 0 Å². The smallest absolute Gasteiger partial charge is 0.0267 e. The Morgan fingerprint density at radius 1 is 1.46 bits per heavy atom. The fraction of sp³-hybridized carbons (Fsp3) is 0.818. The third-order valence-corrected chi connectivity index (χ3v) is 3.51. The average Bonchev–Trinajstić information content (AvgIpc) is 2.14. The molecule has 0 rings (SSSR count). The summed E-state index contributed by atoms with van der Waals surface area (Å²) in [5, 5.41) is 4.15. The van der Waals surface area contributed by atoms with Gasteiger partial charge in [-0.25, -0.2) is 0 Å². The number of rotatable bonds is 7. The van der Waals surface area contributed by atoms with Crippen LogP contribution in [-0.2, 0) is 0 Å². The Morgan fingerprint density at radius 3 is 2.62 bits per heavy atom. The molecule has 0 radical (unpaired) electrons. The summed E-state index contributed by atoms with van der Waals surface area (Å²) in [6, 6.07) is 0.494. The summed E-state index contributed by atoms with van der Waals surface area (Å²) in [5.41, 5.74) is 0. The Hall–Kier alpha value is -0.130. The molecule has 2 unspecified atom stereocenters. The van der Waals surface area contributed by atoms with Gasteiger partial charge in [0, 0.05) is 23.5 Å². The number of thioether (sulfide) groups is 1. The molecule has 76 valence electrons. The summed E-state index contributed by atoms with van der Waals surface area (Å²) in [6.45, 7) is 7.62. The molecule has 0 aliphatic heterocycles. The van der Waals surface area contributed by atoms with Gasteiger partial charge in [-0.1, -0.05) is 20.8 Å². The van der Waals surface area contributed by atoms with E-state index in [2.05, 4.69) is 32.0 Å². The van der Waals surface area contributed by atoms with Crippen LogP contribution in [0.25, 0.3) is 0 Å². The number of hydrogen-bond acceptors (Lipinski definition) is 2. The van der Waals surface area contributed by atoms with Crippen LogP contribution in [0.2, 0.25) is 0 Å². The van der Waals surface area contributed by atoms with Crippen LogP contribution in [0.5, 0.6) is 0 Å². The monoisotopic (exact) mass is 199 g/mol. The quantitative estimate of drug-likeness (QED) is 0.632. The van der Waals surface area contributed by atoms with Crippen LogP contribution >= 0.6 is 11.8 Å². The first-order chi connectivity index (χ1) is 6.24. The van der Waals surface area contributed by atoms with Crippen LogP contribution in [0.15, 0.2) is 0 Å². The first-order valence-electron chi connectivity index (χ1n) is 5.03. The van der Waals surface area contributed by atoms with Gasteiger partial charge in [0.05, 0.1) is 0 Å². The fourth-order valence-corrected chi connectivity index (χ4v) is 2.05. The van der Waals surface area contributed by atoms with E-state index < -0.39 is 0 Å². The Morgan fingerprint density at radius 2 is 2.15 bits per heavy atom. The minimum absolute atomic E-state index is 0.494. The van der Waals surface area contributed by atoms with Gasteiger partial charge in [0.15, 0.2) is 0 Å². The molecule has 0 aromatic heterocycles. The maximum Gasteiger partial charge on any atom is 0.0267 e. The molecule has 13 heavy (non-hydrogen) atoms. The largest absolute Gasteiger partial charge is 0.312 e. The van der Waals surface area contributed by atoms with Gasteiger partial charge in [-0.3, -0.25) is 0 Å². The lowest BCUT2D eigenvalue weighted by atomic mass is 10.2. The first-order valence-corrected chi connectivity index (χ1v) is 6.07. The highest BCUT2D eigenvalue weighted by atomic mass is 32.2. The van der Waals surface area contributed by atoms with Gasteiger partial charge in [0.2, 0.25) is 0 Å². The summed E-state index contributed by atoms with van der Waals surface area (Å²) in [7, 11) is 0. The molecule has 0 bridgehead atoms. The van der Waals surface area contributed by atoms with Crippen molar-refractivity contribution in [1.29, 1.82) is 0 Å². The Kier molecular flexibility index (Phi) is 8.38. The third kappa shape index (κ3) is 6.98. The van der Waals surface area contributed by atoms with Crippen LogP contribution in [0.1, 0.15) is 33.6 Å². The molecular formula is C11H21NS. The zero-order valence-corrected chi connectivity index (χ0v) is 9.79. The van der Waals surface area contributed by atoms with E-state index >= 15 is 0 Å². The predicted molar refractivity (Wildman–Crippen MR) is 63.1 cm³/mol. The molecular weight excluding hydrogens is 178 g/mol. The van der Waals surface area contributed by atoms with Crippen LogP contribution in [-0.4, -0.2) is 23.6 Å². The Balaban J connectivity index is 3.62. The van der Waals surface area contributed by atoms with E-state index in [1.807, 2.05) is 11.8 Å². The number of nitrogens with one attached hydrogen (secondary N) is 1. The van der Waals surface area contributed by atoms with E-state index in [4.69, 9.17) is 6.42 Å². The van der Waals surface area contributed by atoms with Crippen molar-refractivity contribution in [2.24, 2.45) is 0 Å². The molecule has 0 aromatic carbocycles. The number of terminal acetylenes is 1. The summed E-state index contributed by atoms with van der Waals surface area (Å²) >= 11 is 2.01. The van der Waals surface area contributed by atoms with Gasteiger partial charge in [-0.15, -0.1) is 12.3 Å². The second kappa shape index (κ2) is 8.47. The summed E-state index contributed by atoms with van der Waals surface area (Å²) in [4.78, 5) is 0. The molecule has 0 spiro atoms. The van der Waals surface area contributed by atoms with Gasteiger partial charge < -0.3 is 5.32 Å². The first kappa shape index (κ1) is 12.9. The second-order valence-electron chi connectivity index (χ2n) is 3.22. The highest BCUT2D eigenvalue weighted by molar-refractivity contribution is 7.99. The summed E-state index contributed by atoms with van der Waals surface area (Å²) < 4.78 is 0. The molecule has 0 aromatic rings. The van der Waals surface area contributed by atoms with Crippen molar-refractivity contribution in [3.63, 3.8) is 0 Å². The Bertz CT molecular complexity index is 151. The lowest BCUT2D eigenvalue weighted by molar-refractivity contribution is 0.587. The summed E-state index contributed by atoms with van der Waals surface area (Å²) in [5.74, 6) is 3.85. The molecule has 0 aliphatic carbocycles. The molecule has 0 saturated carbocycles. The normalized spacial score (nSPS) is 14.9. The van der Waals surface area contributed by atoms with E-state index in [0.717, 1.165) is 24.0 Å². The van der Waals surface area contributed by atoms with Gasteiger partial charge in [-0.05, 0) is 13.0 Å². The van der Waals surface area contributed by atoms with Crippen LogP contribution in [0.4, 0.5) is 0 Å². The minimum Gasteiger partial charge on any atom is -0.312 e.